The van der Waals surface area contributed by atoms with E-state index in [0.29, 0.717) is 0 Å². The number of hydrogen-bond donors (Lipinski definition) is 0. The van der Waals surface area contributed by atoms with Crippen molar-refractivity contribution in [2.45, 2.75) is 6.42 Å². The van der Waals surface area contributed by atoms with Crippen LogP contribution >= 0.6 is 0 Å². The molecule has 0 bridgehead atoms. The number of hydrogen-bond acceptors (Lipinski definition) is 2. The molecule has 7 aromatic rings. The molecule has 0 spiro atoms. The summed E-state index contributed by atoms with van der Waals surface area (Å²) >= 11 is 0. The van der Waals surface area contributed by atoms with Gasteiger partial charge < -0.3 is 0 Å². The summed E-state index contributed by atoms with van der Waals surface area (Å²) in [6, 6.07) is 53.5. The second-order valence-corrected chi connectivity index (χ2v) is 11.4. The zero-order valence-electron chi connectivity index (χ0n) is 24.8. The average molecular weight is 575 g/mol. The molecule has 1 heterocycles. The maximum absolute atomic E-state index is 5.21. The minimum atomic E-state index is 0.717. The highest BCUT2D eigenvalue weighted by Gasteiger charge is 2.19. The molecule has 6 aromatic carbocycles. The van der Waals surface area contributed by atoms with Crippen molar-refractivity contribution in [2.24, 2.45) is 0 Å². The molecule has 1 aliphatic rings. The lowest BCUT2D eigenvalue weighted by Gasteiger charge is -2.17. The topological polar surface area (TPSA) is 25.8 Å². The third-order valence-electron chi connectivity index (χ3n) is 8.48. The van der Waals surface area contributed by atoms with Crippen LogP contribution in [0.5, 0.6) is 0 Å². The van der Waals surface area contributed by atoms with Crippen LogP contribution in [0.2, 0.25) is 0 Å². The lowest BCUT2D eigenvalue weighted by Crippen LogP contribution is -2.00. The van der Waals surface area contributed by atoms with E-state index in [4.69, 9.17) is 9.97 Å². The summed E-state index contributed by atoms with van der Waals surface area (Å²) in [5.74, 6) is 0.717. The van der Waals surface area contributed by atoms with E-state index in [1.807, 2.05) is 18.2 Å². The van der Waals surface area contributed by atoms with Crippen molar-refractivity contribution in [1.82, 2.24) is 9.97 Å². The van der Waals surface area contributed by atoms with E-state index in [9.17, 15) is 0 Å². The van der Waals surface area contributed by atoms with Crippen molar-refractivity contribution in [3.05, 3.63) is 181 Å². The van der Waals surface area contributed by atoms with Crippen LogP contribution in [0.25, 0.3) is 67.5 Å². The molecule has 0 amide bonds. The first-order chi connectivity index (χ1) is 22.3. The lowest BCUT2D eigenvalue weighted by molar-refractivity contribution is 1.18. The zero-order valence-corrected chi connectivity index (χ0v) is 24.8. The molecule has 2 nitrogen and oxygen atoms in total. The van der Waals surface area contributed by atoms with Crippen LogP contribution in [0.15, 0.2) is 164 Å². The van der Waals surface area contributed by atoms with E-state index < -0.39 is 0 Å². The van der Waals surface area contributed by atoms with Gasteiger partial charge in [0.25, 0.3) is 0 Å². The summed E-state index contributed by atoms with van der Waals surface area (Å²) in [5, 5.41) is 2.39. The highest BCUT2D eigenvalue weighted by atomic mass is 14.9. The van der Waals surface area contributed by atoms with Gasteiger partial charge in [0.2, 0.25) is 0 Å². The molecule has 0 radical (unpaired) electrons. The fourth-order valence-corrected chi connectivity index (χ4v) is 6.25. The highest BCUT2D eigenvalue weighted by molar-refractivity contribution is 5.94. The van der Waals surface area contributed by atoms with Crippen molar-refractivity contribution in [3.8, 4) is 45.0 Å². The lowest BCUT2D eigenvalue weighted by atomic mass is 9.88. The van der Waals surface area contributed by atoms with Crippen molar-refractivity contribution in [3.63, 3.8) is 0 Å². The molecule has 0 N–H and O–H groups in total. The minimum Gasteiger partial charge on any atom is -0.228 e. The molecule has 8 rings (SSSR count). The first kappa shape index (κ1) is 26.7. The molecule has 0 saturated heterocycles. The van der Waals surface area contributed by atoms with Gasteiger partial charge in [-0.15, -0.1) is 0 Å². The van der Waals surface area contributed by atoms with Crippen molar-refractivity contribution >= 4 is 22.4 Å². The third-order valence-corrected chi connectivity index (χ3v) is 8.48. The molecule has 0 aliphatic heterocycles. The predicted octanol–water partition coefficient (Wildman–Crippen LogP) is 11.1. The number of fused-ring (bicyclic) bond motifs is 2. The van der Waals surface area contributed by atoms with Gasteiger partial charge in [-0.1, -0.05) is 152 Å². The van der Waals surface area contributed by atoms with E-state index in [0.717, 1.165) is 40.3 Å². The van der Waals surface area contributed by atoms with Gasteiger partial charge in [-0.05, 0) is 68.8 Å². The third kappa shape index (κ3) is 5.28. The van der Waals surface area contributed by atoms with Gasteiger partial charge in [0.05, 0.1) is 11.4 Å². The normalized spacial score (nSPS) is 12.4. The molecular formula is C43H30N2. The van der Waals surface area contributed by atoms with Crippen molar-refractivity contribution < 1.29 is 0 Å². The second kappa shape index (κ2) is 11.7. The van der Waals surface area contributed by atoms with E-state index in [1.54, 1.807) is 0 Å². The number of aromatic nitrogens is 2. The molecule has 0 atom stereocenters. The Labute approximate surface area is 263 Å². The summed E-state index contributed by atoms with van der Waals surface area (Å²) in [7, 11) is 0. The summed E-state index contributed by atoms with van der Waals surface area (Å²) in [6.07, 6.45) is 7.68. The monoisotopic (exact) mass is 574 g/mol. The van der Waals surface area contributed by atoms with Gasteiger partial charge in [0.1, 0.15) is 0 Å². The van der Waals surface area contributed by atoms with Crippen LogP contribution in [-0.2, 0) is 0 Å². The smallest absolute Gasteiger partial charge is 0.160 e. The molecule has 2 heteroatoms. The molecule has 45 heavy (non-hydrogen) atoms. The Morgan fingerprint density at radius 3 is 1.80 bits per heavy atom. The molecule has 0 unspecified atom stereocenters. The average Bonchev–Trinajstić information content (AvgIpc) is 3.35. The number of allylic oxidation sites excluding steroid dienone is 2. The second-order valence-electron chi connectivity index (χ2n) is 11.4. The van der Waals surface area contributed by atoms with Crippen LogP contribution < -0.4 is 0 Å². The van der Waals surface area contributed by atoms with Gasteiger partial charge in [0.15, 0.2) is 5.82 Å². The molecular weight excluding hydrogens is 544 g/mol. The summed E-state index contributed by atoms with van der Waals surface area (Å²) in [4.78, 5) is 10.4. The maximum atomic E-state index is 5.21. The Kier molecular flexibility index (Phi) is 6.94. The van der Waals surface area contributed by atoms with E-state index in [2.05, 4.69) is 152 Å². The van der Waals surface area contributed by atoms with Crippen molar-refractivity contribution in [2.75, 3.05) is 0 Å². The van der Waals surface area contributed by atoms with Gasteiger partial charge in [-0.25, -0.2) is 9.97 Å². The first-order valence-corrected chi connectivity index (χ1v) is 15.4. The van der Waals surface area contributed by atoms with Crippen LogP contribution in [0.4, 0.5) is 0 Å². The van der Waals surface area contributed by atoms with Crippen LogP contribution in [0, 0.1) is 0 Å². The standard InChI is InChI=1S/C43H30N2/c1-4-13-30(14-5-1)34-23-24-36-28-37(26-25-35(36)27-34)40-29-41(45-43(44-40)33-18-8-3-9-19-33)39-22-12-20-32-17-10-11-21-38(42(32)39)31-15-6-2-7-16-31/h1-10,12-29H,11H2. The van der Waals surface area contributed by atoms with Crippen LogP contribution in [0.1, 0.15) is 23.1 Å². The Hall–Kier alpha value is -5.86. The van der Waals surface area contributed by atoms with E-state index >= 15 is 0 Å². The fourth-order valence-electron chi connectivity index (χ4n) is 6.25. The zero-order chi connectivity index (χ0) is 30.0. The molecule has 1 aliphatic carbocycles. The SMILES string of the molecule is C1=Cc2cccc(-c3cc(-c4ccc5cc(-c6ccccc6)ccc5c4)nc(-c4ccccc4)n3)c2C(c2ccccc2)=CC1. The quantitative estimate of drug-likeness (QED) is 0.204. The largest absolute Gasteiger partial charge is 0.228 e. The fraction of sp³-hybridized carbons (Fsp3) is 0.0233. The van der Waals surface area contributed by atoms with Crippen molar-refractivity contribution in [1.29, 1.82) is 0 Å². The Bertz CT molecular complexity index is 2210. The van der Waals surface area contributed by atoms with Gasteiger partial charge in [-0.2, -0.15) is 0 Å². The van der Waals surface area contributed by atoms with Gasteiger partial charge in [-0.3, -0.25) is 0 Å². The van der Waals surface area contributed by atoms with E-state index in [-0.39, 0.29) is 0 Å². The number of benzene rings is 6. The predicted molar refractivity (Wildman–Crippen MR) is 188 cm³/mol. The molecule has 0 saturated carbocycles. The number of rotatable bonds is 5. The summed E-state index contributed by atoms with van der Waals surface area (Å²) < 4.78 is 0. The van der Waals surface area contributed by atoms with Gasteiger partial charge in [0, 0.05) is 16.7 Å². The summed E-state index contributed by atoms with van der Waals surface area (Å²) in [5.41, 5.74) is 12.2. The molecule has 0 fully saturated rings. The highest BCUT2D eigenvalue weighted by Crippen LogP contribution is 2.39. The minimum absolute atomic E-state index is 0.717. The first-order valence-electron chi connectivity index (χ1n) is 15.4. The molecule has 212 valence electrons. The Balaban J connectivity index is 1.30. The molecule has 1 aromatic heterocycles. The van der Waals surface area contributed by atoms with E-state index in [1.165, 1.54) is 44.2 Å². The van der Waals surface area contributed by atoms with Crippen LogP contribution in [0.3, 0.4) is 0 Å². The van der Waals surface area contributed by atoms with Gasteiger partial charge >= 0.3 is 0 Å². The summed E-state index contributed by atoms with van der Waals surface area (Å²) in [6.45, 7) is 0. The number of nitrogens with zero attached hydrogens (tertiary/aromatic N) is 2. The Morgan fingerprint density at radius 2 is 1.07 bits per heavy atom. The maximum Gasteiger partial charge on any atom is 0.160 e. The Morgan fingerprint density at radius 1 is 0.444 bits per heavy atom. The van der Waals surface area contributed by atoms with Crippen LogP contribution in [-0.4, -0.2) is 9.97 Å².